The van der Waals surface area contributed by atoms with Gasteiger partial charge in [-0.1, -0.05) is 19.1 Å². The van der Waals surface area contributed by atoms with E-state index in [4.69, 9.17) is 4.74 Å². The molecule has 2 aromatic rings. The van der Waals surface area contributed by atoms with Gasteiger partial charge in [0, 0.05) is 11.4 Å². The molecule has 0 aromatic heterocycles. The van der Waals surface area contributed by atoms with Crippen LogP contribution in [0.2, 0.25) is 0 Å². The fourth-order valence-corrected chi connectivity index (χ4v) is 1.97. The summed E-state index contributed by atoms with van der Waals surface area (Å²) in [4.78, 5) is 11.9. The van der Waals surface area contributed by atoms with Crippen LogP contribution in [0.25, 0.3) is 0 Å². The predicted octanol–water partition coefficient (Wildman–Crippen LogP) is 3.31. The van der Waals surface area contributed by atoms with Crippen molar-refractivity contribution < 1.29 is 9.53 Å². The quantitative estimate of drug-likeness (QED) is 0.855. The molecule has 0 saturated carbocycles. The number of methoxy groups -OCH3 is 1. The van der Waals surface area contributed by atoms with Crippen molar-refractivity contribution in [1.29, 1.82) is 0 Å². The molecule has 4 heteroatoms. The first kappa shape index (κ1) is 14.9. The molecule has 0 saturated heterocycles. The normalized spacial score (nSPS) is 10.0. The highest BCUT2D eigenvalue weighted by molar-refractivity contribution is 5.93. The first-order valence-electron chi connectivity index (χ1n) is 6.98. The first-order chi connectivity index (χ1) is 10.2. The minimum Gasteiger partial charge on any atom is -0.497 e. The van der Waals surface area contributed by atoms with E-state index < -0.39 is 0 Å². The Hall–Kier alpha value is -2.49. The average Bonchev–Trinajstić information content (AvgIpc) is 2.53. The monoisotopic (exact) mass is 284 g/mol. The van der Waals surface area contributed by atoms with Crippen molar-refractivity contribution in [3.63, 3.8) is 0 Å². The van der Waals surface area contributed by atoms with E-state index in [9.17, 15) is 4.79 Å². The third-order valence-electron chi connectivity index (χ3n) is 3.16. The molecular formula is C17H20N2O2. The summed E-state index contributed by atoms with van der Waals surface area (Å²) < 4.78 is 5.09. The van der Waals surface area contributed by atoms with Crippen LogP contribution in [0, 0.1) is 0 Å². The molecule has 2 aromatic carbocycles. The van der Waals surface area contributed by atoms with E-state index in [1.165, 1.54) is 5.56 Å². The van der Waals surface area contributed by atoms with Crippen LogP contribution in [-0.4, -0.2) is 19.6 Å². The Labute approximate surface area is 125 Å². The van der Waals surface area contributed by atoms with Gasteiger partial charge in [0.15, 0.2) is 0 Å². The molecular weight excluding hydrogens is 264 g/mol. The van der Waals surface area contributed by atoms with Gasteiger partial charge in [-0.25, -0.2) is 0 Å². The molecule has 110 valence electrons. The molecule has 0 aliphatic carbocycles. The molecule has 0 unspecified atom stereocenters. The number of anilines is 2. The summed E-state index contributed by atoms with van der Waals surface area (Å²) in [6.45, 7) is 2.31. The van der Waals surface area contributed by atoms with Crippen LogP contribution >= 0.6 is 0 Å². The lowest BCUT2D eigenvalue weighted by Gasteiger charge is -2.09. The SMILES string of the molecule is CCc1cccc(NC(=O)CNc2ccc(OC)cc2)c1. The number of hydrogen-bond donors (Lipinski definition) is 2. The highest BCUT2D eigenvalue weighted by atomic mass is 16.5. The molecule has 0 radical (unpaired) electrons. The summed E-state index contributed by atoms with van der Waals surface area (Å²) in [5.41, 5.74) is 2.92. The zero-order chi connectivity index (χ0) is 15.1. The van der Waals surface area contributed by atoms with Crippen LogP contribution in [0.1, 0.15) is 12.5 Å². The molecule has 0 heterocycles. The van der Waals surface area contributed by atoms with Gasteiger partial charge in [-0.2, -0.15) is 0 Å². The van der Waals surface area contributed by atoms with Crippen LogP contribution in [0.3, 0.4) is 0 Å². The molecule has 0 bridgehead atoms. The number of hydrogen-bond acceptors (Lipinski definition) is 3. The number of aryl methyl sites for hydroxylation is 1. The third kappa shape index (κ3) is 4.53. The second-order valence-electron chi connectivity index (χ2n) is 4.68. The maximum atomic E-state index is 11.9. The Morgan fingerprint density at radius 1 is 1.10 bits per heavy atom. The Kier molecular flexibility index (Phi) is 5.21. The summed E-state index contributed by atoms with van der Waals surface area (Å²) in [6.07, 6.45) is 0.952. The third-order valence-corrected chi connectivity index (χ3v) is 3.16. The van der Waals surface area contributed by atoms with E-state index in [1.54, 1.807) is 7.11 Å². The van der Waals surface area contributed by atoms with Gasteiger partial charge >= 0.3 is 0 Å². The van der Waals surface area contributed by atoms with Crippen LogP contribution in [0.5, 0.6) is 5.75 Å². The number of rotatable bonds is 6. The van der Waals surface area contributed by atoms with Crippen LogP contribution < -0.4 is 15.4 Å². The van der Waals surface area contributed by atoms with Gasteiger partial charge < -0.3 is 15.4 Å². The maximum absolute atomic E-state index is 11.9. The van der Waals surface area contributed by atoms with Gasteiger partial charge in [0.25, 0.3) is 0 Å². The largest absolute Gasteiger partial charge is 0.497 e. The molecule has 2 N–H and O–H groups in total. The van der Waals surface area contributed by atoms with Crippen molar-refractivity contribution in [2.75, 3.05) is 24.3 Å². The summed E-state index contributed by atoms with van der Waals surface area (Å²) in [5.74, 6) is 0.723. The van der Waals surface area contributed by atoms with Crippen LogP contribution in [0.15, 0.2) is 48.5 Å². The molecule has 1 amide bonds. The Morgan fingerprint density at radius 3 is 2.52 bits per heavy atom. The minimum absolute atomic E-state index is 0.0703. The Balaban J connectivity index is 1.86. The molecule has 0 spiro atoms. The number of nitrogens with one attached hydrogen (secondary N) is 2. The topological polar surface area (TPSA) is 50.4 Å². The van der Waals surface area contributed by atoms with E-state index in [2.05, 4.69) is 17.6 Å². The molecule has 0 atom stereocenters. The van der Waals surface area contributed by atoms with Gasteiger partial charge in [-0.05, 0) is 48.4 Å². The van der Waals surface area contributed by atoms with E-state index >= 15 is 0 Å². The van der Waals surface area contributed by atoms with Crippen LogP contribution in [-0.2, 0) is 11.2 Å². The lowest BCUT2D eigenvalue weighted by molar-refractivity contribution is -0.114. The summed E-state index contributed by atoms with van der Waals surface area (Å²) >= 11 is 0. The lowest BCUT2D eigenvalue weighted by Crippen LogP contribution is -2.21. The predicted molar refractivity (Wildman–Crippen MR) is 85.9 cm³/mol. The van der Waals surface area contributed by atoms with E-state index in [0.717, 1.165) is 23.5 Å². The smallest absolute Gasteiger partial charge is 0.243 e. The maximum Gasteiger partial charge on any atom is 0.243 e. The molecule has 21 heavy (non-hydrogen) atoms. The van der Waals surface area contributed by atoms with Crippen molar-refractivity contribution in [2.24, 2.45) is 0 Å². The van der Waals surface area contributed by atoms with Crippen molar-refractivity contribution in [1.82, 2.24) is 0 Å². The average molecular weight is 284 g/mol. The molecule has 0 aliphatic rings. The van der Waals surface area contributed by atoms with Gasteiger partial charge in [-0.3, -0.25) is 4.79 Å². The van der Waals surface area contributed by atoms with Gasteiger partial charge in [0.05, 0.1) is 13.7 Å². The highest BCUT2D eigenvalue weighted by Crippen LogP contribution is 2.15. The minimum atomic E-state index is -0.0703. The van der Waals surface area contributed by atoms with Gasteiger partial charge in [0.1, 0.15) is 5.75 Å². The molecule has 0 fully saturated rings. The number of amides is 1. The highest BCUT2D eigenvalue weighted by Gasteiger charge is 2.03. The second-order valence-corrected chi connectivity index (χ2v) is 4.68. The molecule has 4 nitrogen and oxygen atoms in total. The molecule has 2 rings (SSSR count). The standard InChI is InChI=1S/C17H20N2O2/c1-3-13-5-4-6-15(11-13)19-17(20)12-18-14-7-9-16(21-2)10-8-14/h4-11,18H,3,12H2,1-2H3,(H,19,20). The second kappa shape index (κ2) is 7.33. The van der Waals surface area contributed by atoms with Crippen molar-refractivity contribution in [3.05, 3.63) is 54.1 Å². The van der Waals surface area contributed by atoms with E-state index in [0.29, 0.717) is 0 Å². The van der Waals surface area contributed by atoms with Gasteiger partial charge in [0.2, 0.25) is 5.91 Å². The summed E-state index contributed by atoms with van der Waals surface area (Å²) in [6, 6.07) is 15.3. The van der Waals surface area contributed by atoms with Gasteiger partial charge in [-0.15, -0.1) is 0 Å². The summed E-state index contributed by atoms with van der Waals surface area (Å²) in [5, 5.41) is 5.96. The van der Waals surface area contributed by atoms with Crippen molar-refractivity contribution in [2.45, 2.75) is 13.3 Å². The summed E-state index contributed by atoms with van der Waals surface area (Å²) in [7, 11) is 1.63. The van der Waals surface area contributed by atoms with Crippen molar-refractivity contribution >= 4 is 17.3 Å². The fraction of sp³-hybridized carbons (Fsp3) is 0.235. The Bertz CT molecular complexity index is 594. The number of carbonyl (C=O) groups is 1. The lowest BCUT2D eigenvalue weighted by atomic mass is 10.1. The van der Waals surface area contributed by atoms with E-state index in [-0.39, 0.29) is 12.5 Å². The number of carbonyl (C=O) groups excluding carboxylic acids is 1. The van der Waals surface area contributed by atoms with E-state index in [1.807, 2.05) is 48.5 Å². The molecule has 0 aliphatic heterocycles. The zero-order valence-electron chi connectivity index (χ0n) is 12.3. The van der Waals surface area contributed by atoms with Crippen molar-refractivity contribution in [3.8, 4) is 5.75 Å². The first-order valence-corrected chi connectivity index (χ1v) is 6.98. The fourth-order valence-electron chi connectivity index (χ4n) is 1.97. The number of ether oxygens (including phenoxy) is 1. The van der Waals surface area contributed by atoms with Crippen LogP contribution in [0.4, 0.5) is 11.4 Å². The Morgan fingerprint density at radius 2 is 1.86 bits per heavy atom. The zero-order valence-corrected chi connectivity index (χ0v) is 12.3. The number of benzene rings is 2.